The van der Waals surface area contributed by atoms with Crippen molar-refractivity contribution >= 4 is 16.6 Å². The minimum absolute atomic E-state index is 0.0321. The van der Waals surface area contributed by atoms with Gasteiger partial charge in [-0.15, -0.1) is 0 Å². The number of fused-ring (bicyclic) bond motifs is 1. The molecule has 0 unspecified atom stereocenters. The lowest BCUT2D eigenvalue weighted by atomic mass is 10.0. The molecule has 0 fully saturated rings. The second-order valence-corrected chi connectivity index (χ2v) is 6.83. The largest absolute Gasteiger partial charge is 0.497 e. The molecule has 1 aromatic heterocycles. The summed E-state index contributed by atoms with van der Waals surface area (Å²) in [6, 6.07) is 15.2. The Balaban J connectivity index is 1.59. The van der Waals surface area contributed by atoms with Gasteiger partial charge in [0, 0.05) is 29.5 Å². The molecule has 1 aliphatic heterocycles. The van der Waals surface area contributed by atoms with E-state index in [9.17, 15) is 4.79 Å². The predicted octanol–water partition coefficient (Wildman–Crippen LogP) is 3.52. The Morgan fingerprint density at radius 1 is 1.14 bits per heavy atom. The highest BCUT2D eigenvalue weighted by molar-refractivity contribution is 6.03. The Hall–Kier alpha value is -3.28. The van der Waals surface area contributed by atoms with Crippen LogP contribution in [-0.2, 0) is 11.4 Å². The van der Waals surface area contributed by atoms with Gasteiger partial charge in [-0.2, -0.15) is 0 Å². The van der Waals surface area contributed by atoms with Gasteiger partial charge >= 0.3 is 0 Å². The molecule has 0 N–H and O–H groups in total. The smallest absolute Gasteiger partial charge is 0.251 e. The normalized spacial score (nSPS) is 16.0. The van der Waals surface area contributed by atoms with Gasteiger partial charge in [-0.05, 0) is 30.7 Å². The molecule has 28 heavy (non-hydrogen) atoms. The number of methoxy groups -OCH3 is 2. The molecule has 0 spiro atoms. The fraction of sp³-hybridized carbons (Fsp3) is 0.273. The second-order valence-electron chi connectivity index (χ2n) is 6.83. The number of rotatable bonds is 5. The monoisotopic (exact) mass is 378 g/mol. The van der Waals surface area contributed by atoms with Crippen molar-refractivity contribution in [3.05, 3.63) is 70.0 Å². The Bertz CT molecular complexity index is 1120. The number of aromatic nitrogens is 1. The first-order valence-electron chi connectivity index (χ1n) is 9.15. The maximum Gasteiger partial charge on any atom is 0.251 e. The number of ether oxygens (including phenoxy) is 2. The molecule has 1 atom stereocenters. The summed E-state index contributed by atoms with van der Waals surface area (Å²) in [5.41, 5.74) is 3.52. The van der Waals surface area contributed by atoms with Gasteiger partial charge < -0.3 is 18.9 Å². The molecule has 0 saturated carbocycles. The third-order valence-electron chi connectivity index (χ3n) is 5.06. The van der Waals surface area contributed by atoms with E-state index in [0.717, 1.165) is 27.7 Å². The summed E-state index contributed by atoms with van der Waals surface area (Å²) in [7, 11) is 3.23. The lowest BCUT2D eigenvalue weighted by Gasteiger charge is -2.15. The molecule has 3 aromatic rings. The molecule has 2 heterocycles. The summed E-state index contributed by atoms with van der Waals surface area (Å²) in [5.74, 6) is 1.40. The van der Waals surface area contributed by atoms with Gasteiger partial charge in [-0.1, -0.05) is 23.4 Å². The summed E-state index contributed by atoms with van der Waals surface area (Å²) >= 11 is 0. The first-order chi connectivity index (χ1) is 13.6. The topological polar surface area (TPSA) is 62.0 Å². The van der Waals surface area contributed by atoms with Crippen molar-refractivity contribution in [1.29, 1.82) is 0 Å². The Morgan fingerprint density at radius 2 is 1.96 bits per heavy atom. The Labute approximate surface area is 163 Å². The van der Waals surface area contributed by atoms with Crippen LogP contribution < -0.4 is 15.0 Å². The molecule has 6 nitrogen and oxygen atoms in total. The van der Waals surface area contributed by atoms with E-state index in [0.29, 0.717) is 24.5 Å². The number of benzene rings is 2. The van der Waals surface area contributed by atoms with Crippen molar-refractivity contribution in [2.75, 3.05) is 14.2 Å². The highest BCUT2D eigenvalue weighted by atomic mass is 16.6. The fourth-order valence-electron chi connectivity index (χ4n) is 3.62. The molecule has 6 heteroatoms. The molecule has 0 aliphatic carbocycles. The minimum atomic E-state index is -0.217. The van der Waals surface area contributed by atoms with E-state index in [1.807, 2.05) is 49.4 Å². The molecular formula is C22H22N2O4. The van der Waals surface area contributed by atoms with Gasteiger partial charge in [0.25, 0.3) is 5.56 Å². The minimum Gasteiger partial charge on any atom is -0.497 e. The van der Waals surface area contributed by atoms with E-state index in [1.54, 1.807) is 24.9 Å². The third kappa shape index (κ3) is 3.22. The van der Waals surface area contributed by atoms with E-state index >= 15 is 0 Å². The molecule has 144 valence electrons. The Kier molecular flexibility index (Phi) is 4.77. The van der Waals surface area contributed by atoms with Gasteiger partial charge in [-0.3, -0.25) is 4.79 Å². The number of hydrogen-bond acceptors (Lipinski definition) is 5. The summed E-state index contributed by atoms with van der Waals surface area (Å²) in [6.07, 6.45) is 0.378. The molecule has 4 rings (SSSR count). The highest BCUT2D eigenvalue weighted by Crippen LogP contribution is 2.29. The van der Waals surface area contributed by atoms with Crippen molar-refractivity contribution in [1.82, 2.24) is 4.57 Å². The van der Waals surface area contributed by atoms with Crippen LogP contribution >= 0.6 is 0 Å². The van der Waals surface area contributed by atoms with Crippen LogP contribution in [0.2, 0.25) is 0 Å². The van der Waals surface area contributed by atoms with E-state index in [2.05, 4.69) is 5.16 Å². The van der Waals surface area contributed by atoms with Crippen LogP contribution in [0.3, 0.4) is 0 Å². The molecule has 1 aliphatic rings. The summed E-state index contributed by atoms with van der Waals surface area (Å²) in [6.45, 7) is 2.39. The predicted molar refractivity (Wildman–Crippen MR) is 109 cm³/mol. The van der Waals surface area contributed by atoms with Crippen LogP contribution in [-0.4, -0.2) is 30.6 Å². The van der Waals surface area contributed by atoms with E-state index in [4.69, 9.17) is 14.3 Å². The van der Waals surface area contributed by atoms with Crippen LogP contribution in [0.4, 0.5) is 0 Å². The van der Waals surface area contributed by atoms with E-state index < -0.39 is 0 Å². The SMILES string of the molecule is COc1ccc(C2=NO[C@H](Cn3c(=O)cc(C)c4ccccc43)C2)c(OC)c1. The molecule has 0 radical (unpaired) electrons. The Morgan fingerprint density at radius 3 is 2.75 bits per heavy atom. The van der Waals surface area contributed by atoms with Crippen molar-refractivity contribution in [2.45, 2.75) is 26.0 Å². The molecular weight excluding hydrogens is 356 g/mol. The van der Waals surface area contributed by atoms with Gasteiger partial charge in [0.1, 0.15) is 11.5 Å². The van der Waals surface area contributed by atoms with Gasteiger partial charge in [0.05, 0.1) is 32.0 Å². The van der Waals surface area contributed by atoms with Crippen molar-refractivity contribution in [2.24, 2.45) is 5.16 Å². The quantitative estimate of drug-likeness (QED) is 0.682. The van der Waals surface area contributed by atoms with Crippen molar-refractivity contribution < 1.29 is 14.3 Å². The molecule has 0 saturated heterocycles. The third-order valence-corrected chi connectivity index (χ3v) is 5.06. The lowest BCUT2D eigenvalue weighted by Crippen LogP contribution is -2.27. The van der Waals surface area contributed by atoms with Crippen LogP contribution in [0.15, 0.2) is 58.5 Å². The lowest BCUT2D eigenvalue weighted by molar-refractivity contribution is 0.0727. The standard InChI is InChI=1S/C22H22N2O4/c1-14-10-22(25)24(20-7-5-4-6-17(14)20)13-16-11-19(23-28-16)18-9-8-15(26-2)12-21(18)27-3/h4-10,12,16H,11,13H2,1-3H3/t16-/m0/s1. The van der Waals surface area contributed by atoms with E-state index in [-0.39, 0.29) is 11.7 Å². The molecule has 0 bridgehead atoms. The van der Waals surface area contributed by atoms with Crippen LogP contribution in [0.1, 0.15) is 17.5 Å². The average Bonchev–Trinajstić information content (AvgIpc) is 3.19. The fourth-order valence-corrected chi connectivity index (χ4v) is 3.62. The zero-order valence-electron chi connectivity index (χ0n) is 16.1. The van der Waals surface area contributed by atoms with Crippen LogP contribution in [0.5, 0.6) is 11.5 Å². The van der Waals surface area contributed by atoms with Gasteiger partial charge in [0.15, 0.2) is 6.10 Å². The van der Waals surface area contributed by atoms with Gasteiger partial charge in [0.2, 0.25) is 0 Å². The number of hydrogen-bond donors (Lipinski definition) is 0. The maximum absolute atomic E-state index is 12.6. The van der Waals surface area contributed by atoms with Gasteiger partial charge in [-0.25, -0.2) is 0 Å². The molecule has 0 amide bonds. The van der Waals surface area contributed by atoms with Crippen LogP contribution in [0.25, 0.3) is 10.9 Å². The zero-order chi connectivity index (χ0) is 19.7. The number of aryl methyl sites for hydroxylation is 1. The van der Waals surface area contributed by atoms with Crippen molar-refractivity contribution in [3.63, 3.8) is 0 Å². The summed E-state index contributed by atoms with van der Waals surface area (Å²) < 4.78 is 12.5. The van der Waals surface area contributed by atoms with E-state index in [1.165, 1.54) is 0 Å². The maximum atomic E-state index is 12.6. The van der Waals surface area contributed by atoms with Crippen molar-refractivity contribution in [3.8, 4) is 11.5 Å². The number of oxime groups is 1. The number of nitrogens with zero attached hydrogens (tertiary/aromatic N) is 2. The highest BCUT2D eigenvalue weighted by Gasteiger charge is 2.26. The number of pyridine rings is 1. The van der Waals surface area contributed by atoms with Crippen LogP contribution in [0, 0.1) is 6.92 Å². The first-order valence-corrected chi connectivity index (χ1v) is 9.15. The number of para-hydroxylation sites is 1. The second kappa shape index (κ2) is 7.38. The molecule has 2 aromatic carbocycles. The summed E-state index contributed by atoms with van der Waals surface area (Å²) in [5, 5.41) is 5.32. The average molecular weight is 378 g/mol. The summed E-state index contributed by atoms with van der Waals surface area (Å²) in [4.78, 5) is 18.3. The zero-order valence-corrected chi connectivity index (χ0v) is 16.1. The first kappa shape index (κ1) is 18.1.